The normalized spacial score (nSPS) is 13.4. The van der Waals surface area contributed by atoms with Crippen molar-refractivity contribution < 1.29 is 31.6 Å². The number of benzene rings is 3. The van der Waals surface area contributed by atoms with Crippen molar-refractivity contribution >= 4 is 55.8 Å². The third kappa shape index (κ3) is 7.11. The van der Waals surface area contributed by atoms with E-state index in [1.54, 1.807) is 74.4 Å². The Hall–Kier alpha value is -4.74. The van der Waals surface area contributed by atoms with Crippen LogP contribution in [0.15, 0.2) is 92.8 Å². The van der Waals surface area contributed by atoms with Crippen LogP contribution in [0, 0.1) is 6.92 Å². The lowest BCUT2D eigenvalue weighted by atomic mass is 10.1. The molecule has 0 radical (unpaired) electrons. The van der Waals surface area contributed by atoms with Crippen LogP contribution in [0.1, 0.15) is 70.9 Å². The lowest BCUT2D eigenvalue weighted by Gasteiger charge is -2.32. The molecule has 12 heteroatoms. The molecule has 262 valence electrons. The van der Waals surface area contributed by atoms with Gasteiger partial charge < -0.3 is 23.4 Å². The average molecular weight is 718 g/mol. The fourth-order valence-electron chi connectivity index (χ4n) is 6.44. The highest BCUT2D eigenvalue weighted by Crippen LogP contribution is 2.35. The molecule has 1 aliphatic heterocycles. The van der Waals surface area contributed by atoms with E-state index in [0.29, 0.717) is 44.1 Å². The van der Waals surface area contributed by atoms with E-state index < -0.39 is 16.0 Å². The first-order valence-corrected chi connectivity index (χ1v) is 18.6. The van der Waals surface area contributed by atoms with Gasteiger partial charge in [0.05, 0.1) is 40.6 Å². The highest BCUT2D eigenvalue weighted by molar-refractivity contribution is 7.92. The van der Waals surface area contributed by atoms with Gasteiger partial charge in [-0.3, -0.25) is 9.10 Å². The number of ether oxygens (including phenoxy) is 1. The van der Waals surface area contributed by atoms with Gasteiger partial charge in [0.25, 0.3) is 15.9 Å². The molecule has 5 aromatic rings. The minimum Gasteiger partial charge on any atom is -0.467 e. The number of hydrogen-bond acceptors (Lipinski definition) is 8. The van der Waals surface area contributed by atoms with Crippen LogP contribution in [0.5, 0.6) is 0 Å². The van der Waals surface area contributed by atoms with Gasteiger partial charge in [-0.2, -0.15) is 0 Å². The highest BCUT2D eigenvalue weighted by Gasteiger charge is 2.30. The summed E-state index contributed by atoms with van der Waals surface area (Å²) in [6.07, 6.45) is 4.84. The summed E-state index contributed by atoms with van der Waals surface area (Å²) < 4.78 is 46.9. The zero-order chi connectivity index (χ0) is 35.4. The Kier molecular flexibility index (Phi) is 10.5. The number of aryl methyl sites for hydroxylation is 1. The number of nitrogens with zero attached hydrogens (tertiary/aromatic N) is 3. The van der Waals surface area contributed by atoms with Crippen LogP contribution in [-0.4, -0.2) is 51.4 Å². The van der Waals surface area contributed by atoms with Crippen LogP contribution in [0.25, 0.3) is 11.0 Å². The number of esters is 1. The van der Waals surface area contributed by atoms with Crippen molar-refractivity contribution in [1.29, 1.82) is 0 Å². The van der Waals surface area contributed by atoms with Crippen molar-refractivity contribution in [3.05, 3.63) is 112 Å². The molecule has 0 atom stereocenters. The first kappa shape index (κ1) is 35.1. The zero-order valence-corrected chi connectivity index (χ0v) is 29.9. The Balaban J connectivity index is 1.43. The van der Waals surface area contributed by atoms with Crippen LogP contribution in [0.4, 0.5) is 11.4 Å². The van der Waals surface area contributed by atoms with E-state index in [2.05, 4.69) is 4.90 Å². The van der Waals surface area contributed by atoms with Gasteiger partial charge in [-0.1, -0.05) is 23.7 Å². The fourth-order valence-corrected chi connectivity index (χ4v) is 8.20. The van der Waals surface area contributed by atoms with Crippen molar-refractivity contribution in [2.24, 2.45) is 0 Å². The molecule has 50 heavy (non-hydrogen) atoms. The molecule has 0 unspecified atom stereocenters. The van der Waals surface area contributed by atoms with Gasteiger partial charge in [-0.15, -0.1) is 0 Å². The lowest BCUT2D eigenvalue weighted by Crippen LogP contribution is -2.35. The summed E-state index contributed by atoms with van der Waals surface area (Å²) >= 11 is 6.50. The highest BCUT2D eigenvalue weighted by atomic mass is 35.5. The van der Waals surface area contributed by atoms with Crippen LogP contribution in [0.3, 0.4) is 0 Å². The number of sulfonamides is 1. The predicted octanol–water partition coefficient (Wildman–Crippen LogP) is 8.21. The van der Waals surface area contributed by atoms with Crippen molar-refractivity contribution in [3.8, 4) is 0 Å². The van der Waals surface area contributed by atoms with Gasteiger partial charge in [-0.05, 0) is 106 Å². The van der Waals surface area contributed by atoms with E-state index in [-0.39, 0.29) is 42.8 Å². The number of carbonyl (C=O) groups excluding carboxylic acids is 2. The fraction of sp³-hybridized carbons (Fsp3) is 0.316. The number of piperidine rings is 1. The Morgan fingerprint density at radius 1 is 0.940 bits per heavy atom. The Labute approximate surface area is 297 Å². The van der Waals surface area contributed by atoms with Crippen LogP contribution in [-0.2, 0) is 27.8 Å². The van der Waals surface area contributed by atoms with Crippen molar-refractivity contribution in [2.45, 2.75) is 58.0 Å². The third-order valence-electron chi connectivity index (χ3n) is 8.98. The maximum atomic E-state index is 14.5. The summed E-state index contributed by atoms with van der Waals surface area (Å²) in [6, 6.07) is 20.7. The van der Waals surface area contributed by atoms with Crippen molar-refractivity contribution in [3.63, 3.8) is 0 Å². The molecule has 6 rings (SSSR count). The number of halogens is 1. The number of amides is 1. The van der Waals surface area contributed by atoms with Gasteiger partial charge in [-0.25, -0.2) is 13.2 Å². The summed E-state index contributed by atoms with van der Waals surface area (Å²) in [5.41, 5.74) is 3.27. The van der Waals surface area contributed by atoms with Gasteiger partial charge in [0.15, 0.2) is 0 Å². The van der Waals surface area contributed by atoms with E-state index in [4.69, 9.17) is 25.2 Å². The number of fused-ring (bicyclic) bond motifs is 1. The number of rotatable bonds is 12. The van der Waals surface area contributed by atoms with E-state index in [1.807, 2.05) is 18.2 Å². The van der Waals surface area contributed by atoms with Crippen LogP contribution < -0.4 is 9.21 Å². The number of carbonyl (C=O) groups is 2. The number of hydrogen-bond donors (Lipinski definition) is 0. The maximum Gasteiger partial charge on any atom is 0.374 e. The molecule has 0 saturated carbocycles. The number of anilines is 2. The molecule has 1 saturated heterocycles. The van der Waals surface area contributed by atoms with Crippen molar-refractivity contribution in [1.82, 2.24) is 4.90 Å². The molecule has 1 fully saturated rings. The average Bonchev–Trinajstić information content (AvgIpc) is 3.76. The Bertz CT molecular complexity index is 2100. The molecule has 0 N–H and O–H groups in total. The first-order valence-electron chi connectivity index (χ1n) is 16.8. The summed E-state index contributed by atoms with van der Waals surface area (Å²) in [6.45, 7) is 7.48. The second-order valence-electron chi connectivity index (χ2n) is 12.2. The summed E-state index contributed by atoms with van der Waals surface area (Å²) in [5.74, 6) is -0.306. The second-order valence-corrected chi connectivity index (χ2v) is 14.5. The number of furan rings is 2. The lowest BCUT2D eigenvalue weighted by molar-refractivity contribution is 0.0491. The quantitative estimate of drug-likeness (QED) is 0.119. The largest absolute Gasteiger partial charge is 0.467 e. The molecule has 0 bridgehead atoms. The first-order chi connectivity index (χ1) is 24.1. The second kappa shape index (κ2) is 15.0. The molecule has 3 aromatic carbocycles. The van der Waals surface area contributed by atoms with E-state index in [9.17, 15) is 18.0 Å². The van der Waals surface area contributed by atoms with Gasteiger partial charge in [0, 0.05) is 42.8 Å². The SMILES string of the molecule is CCOC(=O)c1oc2ccc(S(=O)(=O)N(CC)c3ccc(N4CCCCC4)cc3CN(Cc3ccco3)C(=O)c3ccccc3Cl)cc2c1C. The van der Waals surface area contributed by atoms with Gasteiger partial charge >= 0.3 is 5.97 Å². The molecule has 1 amide bonds. The molecule has 0 spiro atoms. The summed E-state index contributed by atoms with van der Waals surface area (Å²) in [5, 5.41) is 0.818. The molecular weight excluding hydrogens is 678 g/mol. The monoisotopic (exact) mass is 717 g/mol. The van der Waals surface area contributed by atoms with Gasteiger partial charge in [0.1, 0.15) is 11.3 Å². The maximum absolute atomic E-state index is 14.5. The third-order valence-corrected chi connectivity index (χ3v) is 11.2. The Morgan fingerprint density at radius 2 is 1.72 bits per heavy atom. The molecular formula is C38H40ClN3O7S. The van der Waals surface area contributed by atoms with E-state index >= 15 is 0 Å². The molecule has 10 nitrogen and oxygen atoms in total. The van der Waals surface area contributed by atoms with Gasteiger partial charge in [0.2, 0.25) is 5.76 Å². The molecule has 3 heterocycles. The van der Waals surface area contributed by atoms with E-state index in [1.165, 1.54) is 16.4 Å². The smallest absolute Gasteiger partial charge is 0.374 e. The van der Waals surface area contributed by atoms with Crippen LogP contribution >= 0.6 is 11.6 Å². The van der Waals surface area contributed by atoms with Crippen molar-refractivity contribution in [2.75, 3.05) is 35.4 Å². The minimum atomic E-state index is -4.14. The van der Waals surface area contributed by atoms with Crippen LogP contribution in [0.2, 0.25) is 5.02 Å². The summed E-state index contributed by atoms with van der Waals surface area (Å²) in [7, 11) is -4.14. The molecule has 0 aliphatic carbocycles. The topological polar surface area (TPSA) is 114 Å². The minimum absolute atomic E-state index is 0.0387. The van der Waals surface area contributed by atoms with E-state index in [0.717, 1.165) is 38.0 Å². The molecule has 2 aromatic heterocycles. The summed E-state index contributed by atoms with van der Waals surface area (Å²) in [4.78, 5) is 30.6. The standard InChI is InChI=1S/C38H40ClN3O7S/c1-4-42(50(45,46)30-16-18-35-32(23-30)26(3)36(49-35)38(44)47-5-2)34-17-15-28(40-19-9-6-10-20-40)22-27(34)24-41(25-29-12-11-21-48-29)37(43)31-13-7-8-14-33(31)39/h7-8,11-18,21-23H,4-6,9-10,19-20,24-25H2,1-3H3. The Morgan fingerprint density at radius 3 is 2.42 bits per heavy atom. The zero-order valence-electron chi connectivity index (χ0n) is 28.4. The molecule has 1 aliphatic rings. The predicted molar refractivity (Wildman–Crippen MR) is 193 cm³/mol.